The molecule has 2 heteroatoms. The van der Waals surface area contributed by atoms with Crippen LogP contribution in [0.1, 0.15) is 6.42 Å². The topological polar surface area (TPSA) is 29.3 Å². The van der Waals surface area contributed by atoms with Gasteiger partial charge in [0.1, 0.15) is 0 Å². The van der Waals surface area contributed by atoms with E-state index in [0.717, 1.165) is 12.1 Å². The minimum Gasteiger partial charge on any atom is -0.287 e. The predicted molar refractivity (Wildman–Crippen MR) is 45.1 cm³/mol. The molecular formula is C9H10N2. The molecule has 1 heterocycles. The quantitative estimate of drug-likeness (QED) is 0.524. The molecule has 0 aromatic rings. The second kappa shape index (κ2) is 2.40. The molecule has 0 bridgehead atoms. The third-order valence-electron chi connectivity index (χ3n) is 1.84. The van der Waals surface area contributed by atoms with Gasteiger partial charge < -0.3 is 0 Å². The van der Waals surface area contributed by atoms with Crippen molar-refractivity contribution in [2.24, 2.45) is 5.84 Å². The molecule has 0 saturated carbocycles. The molecule has 0 atom stereocenters. The van der Waals surface area contributed by atoms with E-state index in [9.17, 15) is 0 Å². The van der Waals surface area contributed by atoms with Crippen molar-refractivity contribution in [1.82, 2.24) is 5.01 Å². The zero-order valence-corrected chi connectivity index (χ0v) is 6.20. The Kier molecular flexibility index (Phi) is 1.40. The standard InChI is InChI=1S/C9H10N2/c10-11-7-3-5-8-4-1-2-6-9(8)11/h1,3-7H,2,10H2. The molecule has 0 spiro atoms. The summed E-state index contributed by atoms with van der Waals surface area (Å²) < 4.78 is 0. The highest BCUT2D eigenvalue weighted by molar-refractivity contribution is 5.46. The molecule has 2 aliphatic rings. The second-order valence-electron chi connectivity index (χ2n) is 2.60. The summed E-state index contributed by atoms with van der Waals surface area (Å²) in [6.45, 7) is 0. The second-order valence-corrected chi connectivity index (χ2v) is 2.60. The predicted octanol–water partition coefficient (Wildman–Crippen LogP) is 1.46. The Bertz CT molecular complexity index is 282. The number of hydrogen-bond donors (Lipinski definition) is 1. The lowest BCUT2D eigenvalue weighted by atomic mass is 10.0. The zero-order valence-electron chi connectivity index (χ0n) is 6.20. The van der Waals surface area contributed by atoms with Crippen LogP contribution in [0.5, 0.6) is 0 Å². The van der Waals surface area contributed by atoms with Crippen LogP contribution in [0, 0.1) is 0 Å². The zero-order chi connectivity index (χ0) is 7.68. The monoisotopic (exact) mass is 146 g/mol. The normalized spacial score (nSPS) is 21.0. The lowest BCUT2D eigenvalue weighted by molar-refractivity contribution is 0.496. The first-order valence-corrected chi connectivity index (χ1v) is 3.67. The van der Waals surface area contributed by atoms with Crippen LogP contribution < -0.4 is 5.84 Å². The maximum absolute atomic E-state index is 5.69. The summed E-state index contributed by atoms with van der Waals surface area (Å²) in [5, 5.41) is 1.65. The minimum atomic E-state index is 0.980. The average molecular weight is 146 g/mol. The van der Waals surface area contributed by atoms with E-state index in [1.54, 1.807) is 5.01 Å². The van der Waals surface area contributed by atoms with Gasteiger partial charge in [-0.1, -0.05) is 24.3 Å². The van der Waals surface area contributed by atoms with Crippen LogP contribution in [0.25, 0.3) is 0 Å². The summed E-state index contributed by atoms with van der Waals surface area (Å²) in [6, 6.07) is 0. The first-order chi connectivity index (χ1) is 5.38. The average Bonchev–Trinajstić information content (AvgIpc) is 2.06. The van der Waals surface area contributed by atoms with Crippen molar-refractivity contribution in [1.29, 1.82) is 0 Å². The Labute approximate surface area is 66.0 Å². The van der Waals surface area contributed by atoms with E-state index in [4.69, 9.17) is 5.84 Å². The highest BCUT2D eigenvalue weighted by atomic mass is 15.4. The van der Waals surface area contributed by atoms with Gasteiger partial charge in [0.15, 0.2) is 0 Å². The Morgan fingerprint density at radius 2 is 2.36 bits per heavy atom. The summed E-state index contributed by atoms with van der Waals surface area (Å²) in [6.07, 6.45) is 13.2. The first kappa shape index (κ1) is 6.43. The van der Waals surface area contributed by atoms with E-state index in [1.807, 2.05) is 12.3 Å². The molecule has 0 aromatic heterocycles. The first-order valence-electron chi connectivity index (χ1n) is 3.67. The Morgan fingerprint density at radius 1 is 1.45 bits per heavy atom. The van der Waals surface area contributed by atoms with Gasteiger partial charge in [-0.15, -0.1) is 0 Å². The maximum Gasteiger partial charge on any atom is 0.0603 e. The lowest BCUT2D eigenvalue weighted by Gasteiger charge is -2.23. The van der Waals surface area contributed by atoms with Gasteiger partial charge in [-0.05, 0) is 18.1 Å². The Balaban J connectivity index is 2.40. The number of allylic oxidation sites excluding steroid dienone is 5. The van der Waals surface area contributed by atoms with Crippen LogP contribution in [0.15, 0.2) is 47.9 Å². The van der Waals surface area contributed by atoms with Crippen molar-refractivity contribution in [2.75, 3.05) is 0 Å². The number of nitrogens with zero attached hydrogens (tertiary/aromatic N) is 1. The van der Waals surface area contributed by atoms with Gasteiger partial charge in [-0.3, -0.25) is 5.01 Å². The van der Waals surface area contributed by atoms with Crippen molar-refractivity contribution in [3.05, 3.63) is 47.9 Å². The molecule has 1 aliphatic carbocycles. The molecule has 11 heavy (non-hydrogen) atoms. The van der Waals surface area contributed by atoms with Gasteiger partial charge in [0.25, 0.3) is 0 Å². The van der Waals surface area contributed by atoms with Crippen LogP contribution in [0.3, 0.4) is 0 Å². The molecule has 0 radical (unpaired) electrons. The molecule has 56 valence electrons. The molecular weight excluding hydrogens is 136 g/mol. The summed E-state index contributed by atoms with van der Waals surface area (Å²) in [4.78, 5) is 0. The Morgan fingerprint density at radius 3 is 3.18 bits per heavy atom. The van der Waals surface area contributed by atoms with Crippen LogP contribution >= 0.6 is 0 Å². The van der Waals surface area contributed by atoms with E-state index >= 15 is 0 Å². The van der Waals surface area contributed by atoms with Gasteiger partial charge in [0, 0.05) is 6.20 Å². The molecule has 0 aromatic carbocycles. The Hall–Kier alpha value is -1.28. The molecule has 2 rings (SSSR count). The molecule has 0 fully saturated rings. The van der Waals surface area contributed by atoms with Gasteiger partial charge in [0.05, 0.1) is 5.70 Å². The molecule has 0 amide bonds. The van der Waals surface area contributed by atoms with Crippen LogP contribution in [-0.2, 0) is 0 Å². The van der Waals surface area contributed by atoms with Gasteiger partial charge in [0.2, 0.25) is 0 Å². The number of nitrogens with two attached hydrogens (primary N) is 1. The molecule has 1 aliphatic heterocycles. The van der Waals surface area contributed by atoms with E-state index in [2.05, 4.69) is 24.3 Å². The van der Waals surface area contributed by atoms with Crippen LogP contribution in [0.4, 0.5) is 0 Å². The number of rotatable bonds is 0. The smallest absolute Gasteiger partial charge is 0.0603 e. The highest BCUT2D eigenvalue weighted by Crippen LogP contribution is 2.22. The highest BCUT2D eigenvalue weighted by Gasteiger charge is 2.10. The fourth-order valence-corrected chi connectivity index (χ4v) is 1.29. The fourth-order valence-electron chi connectivity index (χ4n) is 1.29. The lowest BCUT2D eigenvalue weighted by Crippen LogP contribution is -2.27. The summed E-state index contributed by atoms with van der Waals surface area (Å²) in [7, 11) is 0. The third kappa shape index (κ3) is 1.01. The number of fused-ring (bicyclic) bond motifs is 1. The van der Waals surface area contributed by atoms with Crippen molar-refractivity contribution in [2.45, 2.75) is 6.42 Å². The van der Waals surface area contributed by atoms with E-state index in [-0.39, 0.29) is 0 Å². The maximum atomic E-state index is 5.69. The minimum absolute atomic E-state index is 0.980. The van der Waals surface area contributed by atoms with Crippen molar-refractivity contribution < 1.29 is 0 Å². The summed E-state index contributed by atoms with van der Waals surface area (Å²) in [5.74, 6) is 5.69. The summed E-state index contributed by atoms with van der Waals surface area (Å²) >= 11 is 0. The third-order valence-corrected chi connectivity index (χ3v) is 1.84. The number of hydrazine groups is 1. The van der Waals surface area contributed by atoms with Crippen LogP contribution in [-0.4, -0.2) is 5.01 Å². The van der Waals surface area contributed by atoms with E-state index in [1.165, 1.54) is 5.57 Å². The number of hydrogen-bond acceptors (Lipinski definition) is 2. The fraction of sp³-hybridized carbons (Fsp3) is 0.111. The molecule has 0 saturated heterocycles. The van der Waals surface area contributed by atoms with Gasteiger partial charge in [-0.2, -0.15) is 0 Å². The SMILES string of the molecule is NN1C=CC=C2C=CCC=C21. The van der Waals surface area contributed by atoms with E-state index < -0.39 is 0 Å². The summed E-state index contributed by atoms with van der Waals surface area (Å²) in [5.41, 5.74) is 2.30. The van der Waals surface area contributed by atoms with Gasteiger partial charge in [-0.25, -0.2) is 5.84 Å². The van der Waals surface area contributed by atoms with Crippen molar-refractivity contribution in [3.8, 4) is 0 Å². The largest absolute Gasteiger partial charge is 0.287 e. The van der Waals surface area contributed by atoms with Crippen LogP contribution in [0.2, 0.25) is 0 Å². The molecule has 0 unspecified atom stereocenters. The van der Waals surface area contributed by atoms with Crippen molar-refractivity contribution >= 4 is 0 Å². The molecule has 2 nitrogen and oxygen atoms in total. The molecule has 2 N–H and O–H groups in total. The van der Waals surface area contributed by atoms with E-state index in [0.29, 0.717) is 0 Å². The van der Waals surface area contributed by atoms with Gasteiger partial charge >= 0.3 is 0 Å². The van der Waals surface area contributed by atoms with Crippen molar-refractivity contribution in [3.63, 3.8) is 0 Å².